The molecular weight excluding hydrogens is 362 g/mol. The lowest BCUT2D eigenvalue weighted by Crippen LogP contribution is -2.34. The number of hydrogen-bond donors (Lipinski definition) is 3. The molecule has 8 heteroatoms. The summed E-state index contributed by atoms with van der Waals surface area (Å²) >= 11 is 5.48. The lowest BCUT2D eigenvalue weighted by atomic mass is 10.2. The third-order valence-corrected chi connectivity index (χ3v) is 4.79. The fraction of sp³-hybridized carbons (Fsp3) is 0.0833. The number of carbonyl (C=O) groups is 1. The highest BCUT2D eigenvalue weighted by Crippen LogP contribution is 2.22. The molecule has 20 heavy (non-hydrogen) atoms. The van der Waals surface area contributed by atoms with Crippen LogP contribution >= 0.6 is 39.4 Å². The molecule has 1 aromatic heterocycles. The minimum Gasteiger partial charge on any atom is -0.276 e. The van der Waals surface area contributed by atoms with Gasteiger partial charge < -0.3 is 0 Å². The molecule has 0 saturated heterocycles. The van der Waals surface area contributed by atoms with Crippen LogP contribution in [0.4, 0.5) is 5.69 Å². The van der Waals surface area contributed by atoms with Gasteiger partial charge in [-0.3, -0.25) is 15.4 Å². The topological polar surface area (TPSA) is 64.6 Å². The summed E-state index contributed by atoms with van der Waals surface area (Å²) in [6.07, 6.45) is 0. The Kier molecular flexibility index (Phi) is 5.44. The maximum absolute atomic E-state index is 11.8. The van der Waals surface area contributed by atoms with Gasteiger partial charge in [0.25, 0.3) is 5.91 Å². The Bertz CT molecular complexity index is 589. The van der Waals surface area contributed by atoms with Gasteiger partial charge in [-0.2, -0.15) is 9.30 Å². The first-order valence-electron chi connectivity index (χ1n) is 5.59. The molecule has 5 nitrogen and oxygen atoms in total. The lowest BCUT2D eigenvalue weighted by molar-refractivity contribution is 0.0950. The van der Waals surface area contributed by atoms with Crippen LogP contribution in [0.1, 0.15) is 15.2 Å². The number of aryl methyl sites for hydroxylation is 1. The molecule has 0 atom stereocenters. The Morgan fingerprint density at radius 3 is 2.65 bits per heavy atom. The number of thiophene rings is 1. The second kappa shape index (κ2) is 7.09. The normalized spacial score (nSPS) is 10.3. The second-order valence-electron chi connectivity index (χ2n) is 3.85. The first kappa shape index (κ1) is 15.3. The highest BCUT2D eigenvalue weighted by molar-refractivity contribution is 9.10. The molecule has 1 amide bonds. The van der Waals surface area contributed by atoms with Crippen molar-refractivity contribution in [2.45, 2.75) is 6.92 Å². The molecule has 0 radical (unpaired) electrons. The van der Waals surface area contributed by atoms with Gasteiger partial charge in [0.15, 0.2) is 0 Å². The zero-order valence-corrected chi connectivity index (χ0v) is 13.7. The van der Waals surface area contributed by atoms with Crippen molar-refractivity contribution in [3.05, 3.63) is 50.6 Å². The van der Waals surface area contributed by atoms with E-state index in [2.05, 4.69) is 26.2 Å². The standard InChI is InChI=1S/C12H12BrN3O2S2/c1-8-2-4-9(5-3-8)16(18)20-15-14-12(17)11-10(13)6-7-19-11/h2-7,15,18H,1H3,(H,14,17). The van der Waals surface area contributed by atoms with Gasteiger partial charge in [0.1, 0.15) is 4.88 Å². The van der Waals surface area contributed by atoms with Crippen molar-refractivity contribution >= 4 is 51.0 Å². The third-order valence-electron chi connectivity index (χ3n) is 2.37. The molecule has 0 unspecified atom stereocenters. The zero-order chi connectivity index (χ0) is 14.5. The molecule has 0 fully saturated rings. The number of halogens is 1. The first-order valence-corrected chi connectivity index (χ1v) is 8.03. The van der Waals surface area contributed by atoms with Gasteiger partial charge in [0.05, 0.1) is 17.8 Å². The highest BCUT2D eigenvalue weighted by Gasteiger charge is 2.11. The molecule has 3 N–H and O–H groups in total. The SMILES string of the molecule is Cc1ccc(N(O)SNNC(=O)c2sccc2Br)cc1. The number of nitrogens with one attached hydrogen (secondary N) is 2. The van der Waals surface area contributed by atoms with Crippen molar-refractivity contribution in [1.29, 1.82) is 0 Å². The van der Waals surface area contributed by atoms with E-state index in [9.17, 15) is 10.0 Å². The Morgan fingerprint density at radius 1 is 1.35 bits per heavy atom. The number of hydrazine groups is 1. The monoisotopic (exact) mass is 373 g/mol. The van der Waals surface area contributed by atoms with E-state index in [1.807, 2.05) is 24.4 Å². The predicted octanol–water partition coefficient (Wildman–Crippen LogP) is 3.51. The van der Waals surface area contributed by atoms with Crippen LogP contribution in [-0.4, -0.2) is 11.1 Å². The largest absolute Gasteiger partial charge is 0.277 e. The molecule has 1 heterocycles. The van der Waals surface area contributed by atoms with E-state index in [1.54, 1.807) is 18.2 Å². The fourth-order valence-corrected chi connectivity index (χ4v) is 3.25. The molecule has 2 rings (SSSR count). The summed E-state index contributed by atoms with van der Waals surface area (Å²) in [7, 11) is 0. The van der Waals surface area contributed by atoms with Crippen LogP contribution in [-0.2, 0) is 0 Å². The van der Waals surface area contributed by atoms with Crippen LogP contribution in [0, 0.1) is 6.92 Å². The van der Waals surface area contributed by atoms with Gasteiger partial charge in [0.2, 0.25) is 0 Å². The fourth-order valence-electron chi connectivity index (χ4n) is 1.35. The molecule has 0 aliphatic carbocycles. The van der Waals surface area contributed by atoms with Gasteiger partial charge in [-0.15, -0.1) is 11.3 Å². The smallest absolute Gasteiger partial charge is 0.276 e. The molecule has 0 spiro atoms. The number of anilines is 1. The zero-order valence-electron chi connectivity index (χ0n) is 10.5. The number of benzene rings is 1. The van der Waals surface area contributed by atoms with E-state index in [-0.39, 0.29) is 5.91 Å². The Balaban J connectivity index is 1.82. The van der Waals surface area contributed by atoms with Gasteiger partial charge >= 0.3 is 0 Å². The van der Waals surface area contributed by atoms with Crippen molar-refractivity contribution < 1.29 is 10.0 Å². The van der Waals surface area contributed by atoms with E-state index in [1.165, 1.54) is 11.3 Å². The molecular formula is C12H12BrN3O2S2. The average molecular weight is 374 g/mol. The predicted molar refractivity (Wildman–Crippen MR) is 85.7 cm³/mol. The number of amides is 1. The summed E-state index contributed by atoms with van der Waals surface area (Å²) in [6.45, 7) is 1.97. The number of rotatable bonds is 5. The van der Waals surface area contributed by atoms with Crippen molar-refractivity contribution in [2.24, 2.45) is 0 Å². The van der Waals surface area contributed by atoms with E-state index in [0.717, 1.165) is 26.6 Å². The highest BCUT2D eigenvalue weighted by atomic mass is 79.9. The van der Waals surface area contributed by atoms with Crippen molar-refractivity contribution in [2.75, 3.05) is 4.47 Å². The molecule has 0 aliphatic heterocycles. The van der Waals surface area contributed by atoms with Gasteiger partial charge in [0, 0.05) is 4.47 Å². The molecule has 0 saturated carbocycles. The summed E-state index contributed by atoms with van der Waals surface area (Å²) in [6, 6.07) is 9.14. The van der Waals surface area contributed by atoms with Crippen LogP contribution in [0.25, 0.3) is 0 Å². The first-order chi connectivity index (χ1) is 9.58. The Labute approximate surface area is 133 Å². The van der Waals surface area contributed by atoms with Crippen molar-refractivity contribution in [3.63, 3.8) is 0 Å². The number of nitrogens with zero attached hydrogens (tertiary/aromatic N) is 1. The van der Waals surface area contributed by atoms with Gasteiger partial charge in [-0.25, -0.2) is 0 Å². The summed E-state index contributed by atoms with van der Waals surface area (Å²) in [5, 5.41) is 11.6. The molecule has 2 aromatic rings. The van der Waals surface area contributed by atoms with Gasteiger partial charge in [-0.05, 0) is 46.4 Å². The minimum absolute atomic E-state index is 0.267. The summed E-state index contributed by atoms with van der Waals surface area (Å²) in [5.74, 6) is -0.267. The van der Waals surface area contributed by atoms with Crippen LogP contribution in [0.2, 0.25) is 0 Å². The Hall–Kier alpha value is -1.06. The Morgan fingerprint density at radius 2 is 2.05 bits per heavy atom. The summed E-state index contributed by atoms with van der Waals surface area (Å²) in [5.41, 5.74) is 4.21. The average Bonchev–Trinajstić information content (AvgIpc) is 2.85. The molecule has 0 bridgehead atoms. The summed E-state index contributed by atoms with van der Waals surface area (Å²) < 4.78 is 1.68. The van der Waals surface area contributed by atoms with Crippen molar-refractivity contribution in [3.8, 4) is 0 Å². The molecule has 106 valence electrons. The van der Waals surface area contributed by atoms with E-state index >= 15 is 0 Å². The lowest BCUT2D eigenvalue weighted by Gasteiger charge is -2.15. The van der Waals surface area contributed by atoms with Gasteiger partial charge in [-0.1, -0.05) is 17.7 Å². The van der Waals surface area contributed by atoms with Crippen LogP contribution in [0.15, 0.2) is 40.2 Å². The third kappa shape index (κ3) is 3.97. The van der Waals surface area contributed by atoms with Crippen LogP contribution in [0.3, 0.4) is 0 Å². The maximum Gasteiger partial charge on any atom is 0.277 e. The number of hydrogen-bond acceptors (Lipinski definition) is 6. The van der Waals surface area contributed by atoms with E-state index in [4.69, 9.17) is 0 Å². The maximum atomic E-state index is 11.8. The van der Waals surface area contributed by atoms with Crippen LogP contribution in [0.5, 0.6) is 0 Å². The molecule has 0 aliphatic rings. The number of carbonyl (C=O) groups excluding carboxylic acids is 1. The second-order valence-corrected chi connectivity index (χ2v) is 6.36. The molecule has 1 aromatic carbocycles. The van der Waals surface area contributed by atoms with E-state index in [0.29, 0.717) is 10.6 Å². The minimum atomic E-state index is -0.267. The quantitative estimate of drug-likeness (QED) is 0.552. The van der Waals surface area contributed by atoms with Crippen molar-refractivity contribution in [1.82, 2.24) is 10.3 Å². The summed E-state index contributed by atoms with van der Waals surface area (Å²) in [4.78, 5) is 14.9. The van der Waals surface area contributed by atoms with Crippen LogP contribution < -0.4 is 14.7 Å². The van der Waals surface area contributed by atoms with E-state index < -0.39 is 0 Å².